The summed E-state index contributed by atoms with van der Waals surface area (Å²) in [4.78, 5) is 14.3. The van der Waals surface area contributed by atoms with Crippen LogP contribution >= 0.6 is 0 Å². The molecule has 0 atom stereocenters. The maximum absolute atomic E-state index is 4.77. The summed E-state index contributed by atoms with van der Waals surface area (Å²) in [5, 5.41) is 22.6. The molecule has 0 aliphatic carbocycles. The van der Waals surface area contributed by atoms with Crippen LogP contribution in [0.5, 0.6) is 0 Å². The molecule has 9 heteroatoms. The molecule has 0 amide bonds. The molecular formula is C39H37N9. The molecule has 0 saturated carbocycles. The predicted molar refractivity (Wildman–Crippen MR) is 192 cm³/mol. The molecule has 0 aliphatic heterocycles. The van der Waals surface area contributed by atoms with Crippen molar-refractivity contribution in [2.24, 2.45) is 5.41 Å². The first-order valence-electron chi connectivity index (χ1n) is 15.7. The van der Waals surface area contributed by atoms with Crippen LogP contribution < -0.4 is 0 Å². The summed E-state index contributed by atoms with van der Waals surface area (Å²) in [5.74, 6) is 3.73. The molecule has 7 aromatic rings. The van der Waals surface area contributed by atoms with Crippen LogP contribution in [0, 0.1) is 5.41 Å². The largest absolute Gasteiger partial charge is 0.259 e. The molecule has 238 valence electrons. The maximum Gasteiger partial charge on any atom is 0.181 e. The van der Waals surface area contributed by atoms with Crippen LogP contribution in [0.1, 0.15) is 27.7 Å². The summed E-state index contributed by atoms with van der Waals surface area (Å²) in [5.41, 5.74) is 6.83. The van der Waals surface area contributed by atoms with E-state index < -0.39 is 0 Å². The van der Waals surface area contributed by atoms with Gasteiger partial charge in [-0.15, -0.1) is 0 Å². The van der Waals surface area contributed by atoms with E-state index in [1.165, 1.54) is 5.57 Å². The van der Waals surface area contributed by atoms with Crippen molar-refractivity contribution in [2.75, 3.05) is 0 Å². The highest BCUT2D eigenvalue weighted by Crippen LogP contribution is 2.31. The van der Waals surface area contributed by atoms with Crippen LogP contribution in [0.15, 0.2) is 133 Å². The van der Waals surface area contributed by atoms with Crippen LogP contribution in [-0.4, -0.2) is 45.5 Å². The number of hydrogen-bond donors (Lipinski definition) is 3. The first-order chi connectivity index (χ1) is 23.3. The molecule has 0 radical (unpaired) electrons. The Morgan fingerprint density at radius 1 is 0.521 bits per heavy atom. The number of H-pyrrole nitrogens is 3. The molecule has 0 spiro atoms. The standard InChI is InChI=1S/C30H21N9.C9H16/c1-4-10-19(11-5-1)25-31-28(37-34-25)22-16-23(29-32-26(35-38-29)20-12-6-2-7-13-20)18-24(17-22)30-33-27(36-39-30)21-14-8-3-9-15-21;1-6-8(7-2)9(3,4)5/h1-18H,(H,31,34,37)(H,32,35,38)(H,33,36,39);6-7H,1H2,2-5H3/b;8-7+. The summed E-state index contributed by atoms with van der Waals surface area (Å²) < 4.78 is 0. The molecule has 7 rings (SSSR count). The molecule has 48 heavy (non-hydrogen) atoms. The Bertz CT molecular complexity index is 1900. The molecule has 0 aliphatic rings. The highest BCUT2D eigenvalue weighted by atomic mass is 15.2. The number of hydrogen-bond acceptors (Lipinski definition) is 6. The van der Waals surface area contributed by atoms with Gasteiger partial charge in [0, 0.05) is 33.4 Å². The monoisotopic (exact) mass is 631 g/mol. The van der Waals surface area contributed by atoms with Gasteiger partial charge in [0.1, 0.15) is 0 Å². The SMILES string of the molecule is C=C/C(=C\C)C(C)(C)C.c1ccc(-c2n[nH]c(-c3cc(-c4n[nH]c(-c5ccccc5)n4)cc(-c4nc(-c5ccccc5)n[nH]4)c3)n2)cc1. The lowest BCUT2D eigenvalue weighted by Gasteiger charge is -2.19. The van der Waals surface area contributed by atoms with Gasteiger partial charge < -0.3 is 0 Å². The third-order valence-corrected chi connectivity index (χ3v) is 7.70. The lowest BCUT2D eigenvalue weighted by Crippen LogP contribution is -2.06. The van der Waals surface area contributed by atoms with Crippen molar-refractivity contribution in [1.82, 2.24) is 45.5 Å². The van der Waals surface area contributed by atoms with Crippen LogP contribution in [0.25, 0.3) is 68.3 Å². The molecule has 9 nitrogen and oxygen atoms in total. The maximum atomic E-state index is 4.77. The Morgan fingerprint density at radius 3 is 1.23 bits per heavy atom. The van der Waals surface area contributed by atoms with E-state index in [0.717, 1.165) is 33.4 Å². The Morgan fingerprint density at radius 2 is 0.875 bits per heavy atom. The van der Waals surface area contributed by atoms with E-state index in [1.54, 1.807) is 0 Å². The van der Waals surface area contributed by atoms with E-state index in [2.05, 4.69) is 64.0 Å². The molecule has 0 fully saturated rings. The van der Waals surface area contributed by atoms with E-state index in [9.17, 15) is 0 Å². The van der Waals surface area contributed by atoms with Crippen LogP contribution in [-0.2, 0) is 0 Å². The first-order valence-corrected chi connectivity index (χ1v) is 15.7. The number of benzene rings is 4. The smallest absolute Gasteiger partial charge is 0.181 e. The lowest BCUT2D eigenvalue weighted by molar-refractivity contribution is 0.516. The molecule has 3 N–H and O–H groups in total. The average molecular weight is 632 g/mol. The van der Waals surface area contributed by atoms with Crippen molar-refractivity contribution in [3.8, 4) is 68.3 Å². The summed E-state index contributed by atoms with van der Waals surface area (Å²) in [6.45, 7) is 12.3. The quantitative estimate of drug-likeness (QED) is 0.151. The highest BCUT2D eigenvalue weighted by Gasteiger charge is 2.17. The Kier molecular flexibility index (Phi) is 9.29. The summed E-state index contributed by atoms with van der Waals surface area (Å²) >= 11 is 0. The van der Waals surface area contributed by atoms with Crippen molar-refractivity contribution in [3.63, 3.8) is 0 Å². The van der Waals surface area contributed by atoms with Gasteiger partial charge in [-0.2, -0.15) is 15.3 Å². The lowest BCUT2D eigenvalue weighted by atomic mass is 9.86. The fourth-order valence-electron chi connectivity index (χ4n) is 5.22. The Hall–Kier alpha value is -6.22. The third-order valence-electron chi connectivity index (χ3n) is 7.70. The number of nitrogens with zero attached hydrogens (tertiary/aromatic N) is 6. The van der Waals surface area contributed by atoms with Gasteiger partial charge >= 0.3 is 0 Å². The van der Waals surface area contributed by atoms with Crippen LogP contribution in [0.2, 0.25) is 0 Å². The molecule has 0 unspecified atom stereocenters. The molecule has 4 aromatic carbocycles. The fraction of sp³-hybridized carbons (Fsp3) is 0.128. The number of rotatable bonds is 7. The summed E-state index contributed by atoms with van der Waals surface area (Å²) in [6.07, 6.45) is 4.02. The second-order valence-corrected chi connectivity index (χ2v) is 12.1. The number of allylic oxidation sites excluding steroid dienone is 3. The van der Waals surface area contributed by atoms with E-state index >= 15 is 0 Å². The zero-order chi connectivity index (χ0) is 33.5. The van der Waals surface area contributed by atoms with E-state index in [-0.39, 0.29) is 5.41 Å². The second-order valence-electron chi connectivity index (χ2n) is 12.1. The Balaban J connectivity index is 0.000000394. The van der Waals surface area contributed by atoms with E-state index in [1.807, 2.05) is 122 Å². The van der Waals surface area contributed by atoms with Crippen molar-refractivity contribution >= 4 is 0 Å². The summed E-state index contributed by atoms with van der Waals surface area (Å²) in [6, 6.07) is 35.6. The minimum absolute atomic E-state index is 0.260. The third kappa shape index (κ3) is 7.26. The number of aromatic amines is 3. The first kappa shape index (κ1) is 31.7. The van der Waals surface area contributed by atoms with Crippen molar-refractivity contribution in [3.05, 3.63) is 133 Å². The van der Waals surface area contributed by atoms with Crippen molar-refractivity contribution < 1.29 is 0 Å². The van der Waals surface area contributed by atoms with E-state index in [4.69, 9.17) is 15.0 Å². The van der Waals surface area contributed by atoms with Gasteiger partial charge in [0.2, 0.25) is 0 Å². The zero-order valence-electron chi connectivity index (χ0n) is 27.4. The second kappa shape index (κ2) is 14.0. The van der Waals surface area contributed by atoms with Gasteiger partial charge in [0.25, 0.3) is 0 Å². The molecule has 0 saturated heterocycles. The van der Waals surface area contributed by atoms with Gasteiger partial charge in [-0.05, 0) is 36.1 Å². The Labute approximate surface area is 280 Å². The van der Waals surface area contributed by atoms with Crippen LogP contribution in [0.3, 0.4) is 0 Å². The minimum Gasteiger partial charge on any atom is -0.259 e. The zero-order valence-corrected chi connectivity index (χ0v) is 27.4. The van der Waals surface area contributed by atoms with Gasteiger partial charge in [0.05, 0.1) is 0 Å². The van der Waals surface area contributed by atoms with Crippen LogP contribution in [0.4, 0.5) is 0 Å². The molecule has 0 bridgehead atoms. The number of nitrogens with one attached hydrogen (secondary N) is 3. The average Bonchev–Trinajstić information content (AvgIpc) is 3.92. The highest BCUT2D eigenvalue weighted by molar-refractivity contribution is 5.76. The minimum atomic E-state index is 0.260. The molecular weight excluding hydrogens is 594 g/mol. The molecule has 3 aromatic heterocycles. The fourth-order valence-corrected chi connectivity index (χ4v) is 5.22. The summed E-state index contributed by atoms with van der Waals surface area (Å²) in [7, 11) is 0. The number of aromatic nitrogens is 9. The normalized spacial score (nSPS) is 11.5. The van der Waals surface area contributed by atoms with Gasteiger partial charge in [-0.3, -0.25) is 15.3 Å². The van der Waals surface area contributed by atoms with Gasteiger partial charge in [-0.25, -0.2) is 15.0 Å². The van der Waals surface area contributed by atoms with Gasteiger partial charge in [-0.1, -0.05) is 130 Å². The topological polar surface area (TPSA) is 125 Å². The van der Waals surface area contributed by atoms with Crippen molar-refractivity contribution in [2.45, 2.75) is 27.7 Å². The van der Waals surface area contributed by atoms with Crippen molar-refractivity contribution in [1.29, 1.82) is 0 Å². The predicted octanol–water partition coefficient (Wildman–Crippen LogP) is 9.21. The van der Waals surface area contributed by atoms with Gasteiger partial charge in [0.15, 0.2) is 34.9 Å². The molecule has 3 heterocycles. The van der Waals surface area contributed by atoms with E-state index in [0.29, 0.717) is 34.9 Å².